The van der Waals surface area contributed by atoms with E-state index in [2.05, 4.69) is 82.0 Å². The van der Waals surface area contributed by atoms with Gasteiger partial charge in [0.05, 0.1) is 6.10 Å². The fourth-order valence-electron chi connectivity index (χ4n) is 6.27. The van der Waals surface area contributed by atoms with Crippen LogP contribution in [0, 0.1) is 24.7 Å². The van der Waals surface area contributed by atoms with Crippen molar-refractivity contribution in [1.29, 1.82) is 0 Å². The van der Waals surface area contributed by atoms with E-state index in [1.54, 1.807) is 5.57 Å². The van der Waals surface area contributed by atoms with E-state index in [1.807, 2.05) is 0 Å². The van der Waals surface area contributed by atoms with Crippen LogP contribution in [0.1, 0.15) is 90.2 Å². The van der Waals surface area contributed by atoms with Gasteiger partial charge in [-0.15, -0.1) is 0 Å². The predicted octanol–water partition coefficient (Wildman–Crippen LogP) is 7.50. The summed E-state index contributed by atoms with van der Waals surface area (Å²) in [6.07, 6.45) is 18.0. The van der Waals surface area contributed by atoms with Gasteiger partial charge in [-0.25, -0.2) is 0 Å². The minimum Gasteiger partial charge on any atom is -0.392 e. The number of allylic oxidation sites excluding steroid dienone is 3. The number of nitrogens with zero attached hydrogens (tertiary/aromatic N) is 1. The molecule has 1 aromatic rings. The van der Waals surface area contributed by atoms with Gasteiger partial charge in [0.15, 0.2) is 0 Å². The summed E-state index contributed by atoms with van der Waals surface area (Å²) in [7, 11) is 0. The van der Waals surface area contributed by atoms with Gasteiger partial charge in [0, 0.05) is 18.0 Å². The summed E-state index contributed by atoms with van der Waals surface area (Å²) in [6, 6.07) is 10.1. The van der Waals surface area contributed by atoms with Crippen LogP contribution < -0.4 is 0 Å². The molecule has 4 atom stereocenters. The lowest BCUT2D eigenvalue weighted by atomic mass is 9.88. The molecule has 0 bridgehead atoms. The zero-order valence-corrected chi connectivity index (χ0v) is 22.0. The fourth-order valence-corrected chi connectivity index (χ4v) is 6.27. The molecule has 1 aromatic carbocycles. The Morgan fingerprint density at radius 2 is 1.79 bits per heavy atom. The van der Waals surface area contributed by atoms with E-state index in [9.17, 15) is 5.11 Å². The summed E-state index contributed by atoms with van der Waals surface area (Å²) >= 11 is 0. The van der Waals surface area contributed by atoms with E-state index < -0.39 is 0 Å². The highest BCUT2D eigenvalue weighted by Gasteiger charge is 2.43. The number of benzene rings is 1. The van der Waals surface area contributed by atoms with Crippen molar-refractivity contribution in [2.45, 2.75) is 111 Å². The average Bonchev–Trinajstić information content (AvgIpc) is 3.26. The first-order chi connectivity index (χ1) is 15.8. The topological polar surface area (TPSA) is 23.5 Å². The first kappa shape index (κ1) is 26.2. The summed E-state index contributed by atoms with van der Waals surface area (Å²) in [6.45, 7) is 12.6. The van der Waals surface area contributed by atoms with Gasteiger partial charge < -0.3 is 5.11 Å². The minimum atomic E-state index is -0.155. The molecular weight excluding hydrogens is 402 g/mol. The van der Waals surface area contributed by atoms with Gasteiger partial charge in [0.25, 0.3) is 0 Å². The summed E-state index contributed by atoms with van der Waals surface area (Å²) in [5.41, 5.74) is 4.42. The van der Waals surface area contributed by atoms with Crippen molar-refractivity contribution in [2.75, 3.05) is 6.54 Å². The van der Waals surface area contributed by atoms with Gasteiger partial charge in [0.2, 0.25) is 0 Å². The molecule has 2 aliphatic rings. The minimum absolute atomic E-state index is 0.155. The molecule has 184 valence electrons. The van der Waals surface area contributed by atoms with Crippen molar-refractivity contribution in [2.24, 2.45) is 17.8 Å². The lowest BCUT2D eigenvalue weighted by Gasteiger charge is -2.30. The van der Waals surface area contributed by atoms with Crippen LogP contribution in [0.15, 0.2) is 48.1 Å². The SMILES string of the molecule is Cc1cccc(CC/C=C/[C@@H]2[C@H]3CC(CCCCCCN(C(C)C)C(C)C)=C[C@H]3C[C@H]2O)c1. The zero-order chi connectivity index (χ0) is 23.8. The second kappa shape index (κ2) is 12.9. The molecule has 0 heterocycles. The number of unbranched alkanes of at least 4 members (excludes halogenated alkanes) is 3. The van der Waals surface area contributed by atoms with E-state index in [-0.39, 0.29) is 6.10 Å². The largest absolute Gasteiger partial charge is 0.392 e. The normalized spacial score (nSPS) is 25.1. The van der Waals surface area contributed by atoms with Crippen LogP contribution in [0.3, 0.4) is 0 Å². The molecule has 0 aromatic heterocycles. The summed E-state index contributed by atoms with van der Waals surface area (Å²) in [5, 5.41) is 10.6. The molecule has 1 N–H and O–H groups in total. The van der Waals surface area contributed by atoms with Gasteiger partial charge in [-0.1, -0.05) is 66.5 Å². The highest BCUT2D eigenvalue weighted by atomic mass is 16.3. The van der Waals surface area contributed by atoms with Crippen LogP contribution in [0.2, 0.25) is 0 Å². The van der Waals surface area contributed by atoms with Gasteiger partial charge in [-0.2, -0.15) is 0 Å². The van der Waals surface area contributed by atoms with E-state index in [0.29, 0.717) is 29.8 Å². The molecule has 0 saturated heterocycles. The molecule has 0 spiro atoms. The second-order valence-corrected chi connectivity index (χ2v) is 11.3. The molecule has 2 aliphatic carbocycles. The van der Waals surface area contributed by atoms with Crippen LogP contribution in [-0.4, -0.2) is 34.7 Å². The molecule has 1 saturated carbocycles. The van der Waals surface area contributed by atoms with Gasteiger partial charge in [-0.3, -0.25) is 4.90 Å². The summed E-state index contributed by atoms with van der Waals surface area (Å²) in [5.74, 6) is 1.59. The van der Waals surface area contributed by atoms with Gasteiger partial charge in [-0.05, 0) is 104 Å². The van der Waals surface area contributed by atoms with Crippen molar-refractivity contribution in [3.05, 3.63) is 59.2 Å². The number of hydrogen-bond acceptors (Lipinski definition) is 2. The van der Waals surface area contributed by atoms with Crippen LogP contribution in [0.5, 0.6) is 0 Å². The van der Waals surface area contributed by atoms with Crippen LogP contribution in [0.4, 0.5) is 0 Å². The van der Waals surface area contributed by atoms with Gasteiger partial charge >= 0.3 is 0 Å². The third-order valence-electron chi connectivity index (χ3n) is 7.98. The molecule has 1 fully saturated rings. The van der Waals surface area contributed by atoms with Crippen molar-refractivity contribution < 1.29 is 5.11 Å². The van der Waals surface area contributed by atoms with Crippen LogP contribution in [0.25, 0.3) is 0 Å². The fraction of sp³-hybridized carbons (Fsp3) is 0.677. The molecule has 2 heteroatoms. The maximum Gasteiger partial charge on any atom is 0.0611 e. The van der Waals surface area contributed by atoms with E-state index in [0.717, 1.165) is 19.3 Å². The standard InChI is InChI=1S/C31H49NO/c1-23(2)32(24(3)4)18-11-7-6-8-15-27-20-28-22-31(33)29(30(28)21-27)17-10-9-14-26-16-12-13-25(5)19-26/h10,12-13,16-17,19-20,23-24,28-31,33H,6-9,11,14-15,18,21-22H2,1-5H3/b17-10+/t28-,29+,30-,31+/m0/s1. The third-order valence-corrected chi connectivity index (χ3v) is 7.98. The molecule has 0 aliphatic heterocycles. The highest BCUT2D eigenvalue weighted by molar-refractivity contribution is 5.23. The zero-order valence-electron chi connectivity index (χ0n) is 22.0. The number of rotatable bonds is 13. The monoisotopic (exact) mass is 451 g/mol. The number of fused-ring (bicyclic) bond motifs is 1. The smallest absolute Gasteiger partial charge is 0.0611 e. The van der Waals surface area contributed by atoms with E-state index in [1.165, 1.54) is 56.2 Å². The van der Waals surface area contributed by atoms with Crippen molar-refractivity contribution in [3.63, 3.8) is 0 Å². The highest BCUT2D eigenvalue weighted by Crippen LogP contribution is 2.48. The molecule has 0 radical (unpaired) electrons. The average molecular weight is 452 g/mol. The maximum atomic E-state index is 10.6. The number of hydrogen-bond donors (Lipinski definition) is 1. The van der Waals surface area contributed by atoms with Crippen LogP contribution >= 0.6 is 0 Å². The Bertz CT molecular complexity index is 769. The Labute approximate surface area is 204 Å². The molecule has 33 heavy (non-hydrogen) atoms. The Morgan fingerprint density at radius 1 is 1.03 bits per heavy atom. The molecule has 0 unspecified atom stereocenters. The van der Waals surface area contributed by atoms with Crippen molar-refractivity contribution in [3.8, 4) is 0 Å². The van der Waals surface area contributed by atoms with E-state index >= 15 is 0 Å². The lowest BCUT2D eigenvalue weighted by Crippen LogP contribution is -2.37. The Hall–Kier alpha value is -1.38. The number of aliphatic hydroxyl groups excluding tert-OH is 1. The van der Waals surface area contributed by atoms with Gasteiger partial charge in [0.1, 0.15) is 0 Å². The quantitative estimate of drug-likeness (QED) is 0.248. The molecular formula is C31H49NO. The van der Waals surface area contributed by atoms with Crippen LogP contribution in [-0.2, 0) is 6.42 Å². The molecule has 3 rings (SSSR count). The Balaban J connectivity index is 1.35. The second-order valence-electron chi connectivity index (χ2n) is 11.3. The predicted molar refractivity (Wildman–Crippen MR) is 142 cm³/mol. The number of aliphatic hydroxyl groups is 1. The van der Waals surface area contributed by atoms with E-state index in [4.69, 9.17) is 0 Å². The van der Waals surface area contributed by atoms with Crippen molar-refractivity contribution in [1.82, 2.24) is 4.90 Å². The lowest BCUT2D eigenvalue weighted by molar-refractivity contribution is 0.141. The summed E-state index contributed by atoms with van der Waals surface area (Å²) < 4.78 is 0. The molecule has 2 nitrogen and oxygen atoms in total. The summed E-state index contributed by atoms with van der Waals surface area (Å²) in [4.78, 5) is 2.61. The third kappa shape index (κ3) is 7.82. The Morgan fingerprint density at radius 3 is 2.52 bits per heavy atom. The molecule has 0 amide bonds. The number of aryl methyl sites for hydroxylation is 2. The Kier molecular flexibility index (Phi) is 10.3. The first-order valence-corrected chi connectivity index (χ1v) is 13.7. The van der Waals surface area contributed by atoms with Crippen molar-refractivity contribution >= 4 is 0 Å². The maximum absolute atomic E-state index is 10.6. The first-order valence-electron chi connectivity index (χ1n) is 13.7.